The van der Waals surface area contributed by atoms with Crippen LogP contribution in [0.5, 0.6) is 0 Å². The number of hydrogen-bond acceptors (Lipinski definition) is 3. The Morgan fingerprint density at radius 1 is 1.23 bits per heavy atom. The summed E-state index contributed by atoms with van der Waals surface area (Å²) < 4.78 is 0.844. The molecule has 0 rings (SSSR count). The smallest absolute Gasteiger partial charge is 0.101 e. The van der Waals surface area contributed by atoms with Gasteiger partial charge in [-0.05, 0) is 13.8 Å². The number of aliphatic hydroxyl groups is 2. The van der Waals surface area contributed by atoms with Gasteiger partial charge in [0.15, 0.2) is 0 Å². The lowest BCUT2D eigenvalue weighted by molar-refractivity contribution is -0.870. The summed E-state index contributed by atoms with van der Waals surface area (Å²) in [7, 11) is 6.16. The fourth-order valence-corrected chi connectivity index (χ4v) is 0.300. The van der Waals surface area contributed by atoms with Gasteiger partial charge in [-0.25, -0.2) is 0 Å². The fourth-order valence-electron chi connectivity index (χ4n) is 0.300. The van der Waals surface area contributed by atoms with Crippen molar-refractivity contribution in [2.75, 3.05) is 40.8 Å². The highest BCUT2D eigenvalue weighted by Crippen LogP contribution is 1.93. The zero-order valence-electron chi connectivity index (χ0n) is 9.54. The average Bonchev–Trinajstić information content (AvgIpc) is 1.84. The topological polar surface area (TPSA) is 66.5 Å². The van der Waals surface area contributed by atoms with E-state index in [0.29, 0.717) is 6.54 Å². The first-order valence-electron chi connectivity index (χ1n) is 4.46. The van der Waals surface area contributed by atoms with Crippen LogP contribution in [0.25, 0.3) is 0 Å². The molecule has 0 unspecified atom stereocenters. The normalized spacial score (nSPS) is 12.0. The van der Waals surface area contributed by atoms with Crippen LogP contribution in [0.1, 0.15) is 13.8 Å². The predicted molar refractivity (Wildman–Crippen MR) is 55.3 cm³/mol. The van der Waals surface area contributed by atoms with E-state index < -0.39 is 5.60 Å². The van der Waals surface area contributed by atoms with Crippen molar-refractivity contribution in [1.82, 2.24) is 0 Å². The molecule has 0 radical (unpaired) electrons. The third-order valence-electron chi connectivity index (χ3n) is 1.27. The molecule has 0 atom stereocenters. The zero-order chi connectivity index (χ0) is 11.1. The van der Waals surface area contributed by atoms with Crippen LogP contribution in [0.15, 0.2) is 0 Å². The van der Waals surface area contributed by atoms with Gasteiger partial charge in [-0.3, -0.25) is 0 Å². The maximum absolute atomic E-state index is 8.70. The van der Waals surface area contributed by atoms with Gasteiger partial charge in [0, 0.05) is 6.54 Å². The second kappa shape index (κ2) is 6.32. The Morgan fingerprint density at radius 3 is 1.54 bits per heavy atom. The van der Waals surface area contributed by atoms with E-state index in [-0.39, 0.29) is 6.61 Å². The van der Waals surface area contributed by atoms with Crippen LogP contribution in [-0.4, -0.2) is 61.1 Å². The van der Waals surface area contributed by atoms with Gasteiger partial charge in [0.25, 0.3) is 0 Å². The standard InChI is InChI=1S/C5H14NO.C4H11NO/c1-6(2,3)4-5-7;1-4(2,6)3-5/h7H,4-5H2,1-3H3;6H,3,5H2,1-2H3/q+1;. The first kappa shape index (κ1) is 15.3. The van der Waals surface area contributed by atoms with Gasteiger partial charge in [-0.2, -0.15) is 0 Å². The summed E-state index contributed by atoms with van der Waals surface area (Å²) in [6.45, 7) is 4.79. The lowest BCUT2D eigenvalue weighted by Crippen LogP contribution is -2.36. The van der Waals surface area contributed by atoms with E-state index in [1.165, 1.54) is 0 Å². The zero-order valence-corrected chi connectivity index (χ0v) is 9.54. The van der Waals surface area contributed by atoms with Gasteiger partial charge in [0.05, 0.1) is 33.4 Å². The van der Waals surface area contributed by atoms with Crippen molar-refractivity contribution >= 4 is 0 Å². The number of quaternary nitrogens is 1. The second-order valence-electron chi connectivity index (χ2n) is 4.75. The van der Waals surface area contributed by atoms with Crippen molar-refractivity contribution in [3.63, 3.8) is 0 Å². The minimum atomic E-state index is -0.681. The lowest BCUT2D eigenvalue weighted by Gasteiger charge is -2.21. The van der Waals surface area contributed by atoms with E-state index in [0.717, 1.165) is 11.0 Å². The van der Waals surface area contributed by atoms with E-state index in [4.69, 9.17) is 15.9 Å². The van der Waals surface area contributed by atoms with Crippen molar-refractivity contribution in [2.24, 2.45) is 5.73 Å². The van der Waals surface area contributed by atoms with Gasteiger partial charge >= 0.3 is 0 Å². The Kier molecular flexibility index (Phi) is 7.44. The molecule has 0 bridgehead atoms. The van der Waals surface area contributed by atoms with Crippen LogP contribution in [0.3, 0.4) is 0 Å². The average molecular weight is 193 g/mol. The second-order valence-corrected chi connectivity index (χ2v) is 4.75. The molecule has 0 spiro atoms. The molecule has 82 valence electrons. The monoisotopic (exact) mass is 193 g/mol. The van der Waals surface area contributed by atoms with Crippen LogP contribution in [0.4, 0.5) is 0 Å². The molecule has 13 heavy (non-hydrogen) atoms. The van der Waals surface area contributed by atoms with Crippen LogP contribution in [-0.2, 0) is 0 Å². The highest BCUT2D eigenvalue weighted by atomic mass is 16.3. The van der Waals surface area contributed by atoms with Crippen molar-refractivity contribution in [3.8, 4) is 0 Å². The Hall–Kier alpha value is -0.160. The highest BCUT2D eigenvalue weighted by molar-refractivity contribution is 4.63. The van der Waals surface area contributed by atoms with Gasteiger partial charge in [0.2, 0.25) is 0 Å². The van der Waals surface area contributed by atoms with Crippen molar-refractivity contribution < 1.29 is 14.7 Å². The molecule has 0 heterocycles. The molecule has 0 amide bonds. The molecule has 4 nitrogen and oxygen atoms in total. The Labute approximate surface area is 81.6 Å². The molecule has 0 aromatic rings. The summed E-state index contributed by atoms with van der Waals surface area (Å²) in [4.78, 5) is 0. The maximum atomic E-state index is 8.70. The third-order valence-corrected chi connectivity index (χ3v) is 1.27. The SMILES string of the molecule is CC(C)(O)CN.C[N+](C)(C)CCO. The molecule has 4 N–H and O–H groups in total. The Balaban J connectivity index is 0. The molecule has 0 saturated carbocycles. The first-order valence-corrected chi connectivity index (χ1v) is 4.46. The molecule has 0 aromatic heterocycles. The van der Waals surface area contributed by atoms with Crippen LogP contribution >= 0.6 is 0 Å². The molecule has 0 aromatic carbocycles. The summed E-state index contributed by atoms with van der Waals surface area (Å²) in [5, 5.41) is 17.1. The number of nitrogens with zero attached hydrogens (tertiary/aromatic N) is 1. The summed E-state index contributed by atoms with van der Waals surface area (Å²) in [5.74, 6) is 0. The van der Waals surface area contributed by atoms with Crippen molar-refractivity contribution in [1.29, 1.82) is 0 Å². The van der Waals surface area contributed by atoms with E-state index in [2.05, 4.69) is 21.1 Å². The summed E-state index contributed by atoms with van der Waals surface area (Å²) in [6, 6.07) is 0. The molecule has 0 aliphatic heterocycles. The molecule has 0 aliphatic rings. The van der Waals surface area contributed by atoms with E-state index in [9.17, 15) is 0 Å². The van der Waals surface area contributed by atoms with Crippen molar-refractivity contribution in [2.45, 2.75) is 19.4 Å². The lowest BCUT2D eigenvalue weighted by atomic mass is 10.1. The molecule has 0 fully saturated rings. The Bertz CT molecular complexity index is 114. The van der Waals surface area contributed by atoms with Crippen LogP contribution in [0.2, 0.25) is 0 Å². The van der Waals surface area contributed by atoms with E-state index in [1.54, 1.807) is 13.8 Å². The number of rotatable bonds is 3. The number of nitrogens with two attached hydrogens (primary N) is 1. The minimum absolute atomic E-state index is 0.281. The minimum Gasteiger partial charge on any atom is -0.391 e. The summed E-state index contributed by atoms with van der Waals surface area (Å²) in [5.41, 5.74) is 4.38. The van der Waals surface area contributed by atoms with Gasteiger partial charge < -0.3 is 20.4 Å². The molecular weight excluding hydrogens is 168 g/mol. The Morgan fingerprint density at radius 2 is 1.54 bits per heavy atom. The predicted octanol–water partition coefficient (Wildman–Crippen LogP) is -0.599. The number of aliphatic hydroxyl groups excluding tert-OH is 1. The number of hydrogen-bond donors (Lipinski definition) is 3. The molecule has 0 saturated heterocycles. The van der Waals surface area contributed by atoms with Crippen LogP contribution in [0, 0.1) is 0 Å². The van der Waals surface area contributed by atoms with Gasteiger partial charge in [-0.15, -0.1) is 0 Å². The van der Waals surface area contributed by atoms with Gasteiger partial charge in [0.1, 0.15) is 6.54 Å². The van der Waals surface area contributed by atoms with E-state index in [1.807, 2.05) is 0 Å². The fraction of sp³-hybridized carbons (Fsp3) is 1.00. The first-order chi connectivity index (χ1) is 5.62. The van der Waals surface area contributed by atoms with Crippen LogP contribution < -0.4 is 5.73 Å². The third kappa shape index (κ3) is 24.5. The highest BCUT2D eigenvalue weighted by Gasteiger charge is 2.06. The molecule has 4 heteroatoms. The number of likely N-dealkylation sites (N-methyl/N-ethyl adjacent to an activating group) is 1. The molecular formula is C9H25N2O2+. The largest absolute Gasteiger partial charge is 0.391 e. The van der Waals surface area contributed by atoms with E-state index >= 15 is 0 Å². The summed E-state index contributed by atoms with van der Waals surface area (Å²) in [6.07, 6.45) is 0. The van der Waals surface area contributed by atoms with Crippen molar-refractivity contribution in [3.05, 3.63) is 0 Å². The van der Waals surface area contributed by atoms with Gasteiger partial charge in [-0.1, -0.05) is 0 Å². The summed E-state index contributed by atoms with van der Waals surface area (Å²) >= 11 is 0. The molecule has 0 aliphatic carbocycles. The maximum Gasteiger partial charge on any atom is 0.101 e. The quantitative estimate of drug-likeness (QED) is 0.524.